The third kappa shape index (κ3) is 4.36. The van der Waals surface area contributed by atoms with Gasteiger partial charge in [-0.1, -0.05) is 6.07 Å². The fraction of sp³-hybridized carbons (Fsp3) is 0.286. The van der Waals surface area contributed by atoms with Gasteiger partial charge in [-0.3, -0.25) is 4.79 Å². The van der Waals surface area contributed by atoms with Crippen molar-refractivity contribution in [2.75, 3.05) is 36.1 Å². The van der Waals surface area contributed by atoms with Crippen molar-refractivity contribution in [1.82, 2.24) is 14.5 Å². The van der Waals surface area contributed by atoms with Crippen LogP contribution in [0.1, 0.15) is 41.4 Å². The van der Waals surface area contributed by atoms with Crippen molar-refractivity contribution in [3.8, 4) is 16.9 Å². The summed E-state index contributed by atoms with van der Waals surface area (Å²) < 4.78 is 28.7. The summed E-state index contributed by atoms with van der Waals surface area (Å²) in [5.74, 6) is -0.569. The Kier molecular flexibility index (Phi) is 7.01. The Hall–Kier alpha value is -4.38. The van der Waals surface area contributed by atoms with Gasteiger partial charge >= 0.3 is 5.97 Å². The number of carbonyl (C=O) groups excluding carboxylic acids is 1. The first-order chi connectivity index (χ1) is 18.8. The maximum Gasteiger partial charge on any atom is 0.343 e. The fourth-order valence-electron chi connectivity index (χ4n) is 5.40. The van der Waals surface area contributed by atoms with E-state index in [1.807, 2.05) is 25.1 Å². The maximum atomic E-state index is 15.8. The molecule has 6 rings (SSSR count). The Bertz CT molecular complexity index is 1730. The Morgan fingerprint density at radius 3 is 2.83 bits per heavy atom. The minimum Gasteiger partial charge on any atom is -0.488 e. The molecule has 2 aromatic heterocycles. The van der Waals surface area contributed by atoms with E-state index >= 15 is 4.39 Å². The van der Waals surface area contributed by atoms with E-state index in [0.717, 1.165) is 29.8 Å². The van der Waals surface area contributed by atoms with Gasteiger partial charge in [-0.25, -0.2) is 14.2 Å². The number of benzene rings is 2. The average molecular weight is 567 g/mol. The van der Waals surface area contributed by atoms with E-state index in [-0.39, 0.29) is 59.9 Å². The van der Waals surface area contributed by atoms with Gasteiger partial charge in [0.2, 0.25) is 11.4 Å². The number of hydrogen-bond donors (Lipinski definition) is 2. The van der Waals surface area contributed by atoms with Gasteiger partial charge in [0.1, 0.15) is 23.8 Å². The molecule has 0 spiro atoms. The van der Waals surface area contributed by atoms with Crippen LogP contribution >= 0.6 is 12.4 Å². The number of carbonyl (C=O) groups is 1. The topological polar surface area (TPSA) is 139 Å². The van der Waals surface area contributed by atoms with Crippen molar-refractivity contribution in [3.63, 3.8) is 0 Å². The molecule has 208 valence electrons. The highest BCUT2D eigenvalue weighted by Gasteiger charge is 2.30. The zero-order valence-electron chi connectivity index (χ0n) is 21.9. The van der Waals surface area contributed by atoms with Crippen molar-refractivity contribution in [2.24, 2.45) is 0 Å². The highest BCUT2D eigenvalue weighted by atomic mass is 35.5. The number of fused-ring (bicyclic) bond motifs is 1. The summed E-state index contributed by atoms with van der Waals surface area (Å²) in [7, 11) is 0. The van der Waals surface area contributed by atoms with E-state index in [0.29, 0.717) is 23.4 Å². The molecule has 0 saturated heterocycles. The molecule has 0 aliphatic carbocycles. The number of rotatable bonds is 5. The maximum absolute atomic E-state index is 15.8. The molecule has 12 heteroatoms. The molecule has 0 radical (unpaired) electrons. The summed E-state index contributed by atoms with van der Waals surface area (Å²) >= 11 is 0. The molecule has 2 aliphatic rings. The lowest BCUT2D eigenvalue weighted by Crippen LogP contribution is -2.27. The van der Waals surface area contributed by atoms with Crippen molar-refractivity contribution >= 4 is 46.7 Å². The number of pyridine rings is 1. The molecule has 4 N–H and O–H groups in total. The predicted molar refractivity (Wildman–Crippen MR) is 153 cm³/mol. The van der Waals surface area contributed by atoms with Gasteiger partial charge in [0, 0.05) is 36.7 Å². The van der Waals surface area contributed by atoms with Gasteiger partial charge in [0.05, 0.1) is 29.1 Å². The molecule has 4 heterocycles. The molecule has 0 bridgehead atoms. The molecular formula is C28H28ClFN6O4. The first-order valence-electron chi connectivity index (χ1n) is 12.7. The summed E-state index contributed by atoms with van der Waals surface area (Å²) in [6.45, 7) is 5.23. The summed E-state index contributed by atoms with van der Waals surface area (Å²) in [5, 5.41) is 0.0824. The zero-order chi connectivity index (χ0) is 27.4. The van der Waals surface area contributed by atoms with E-state index in [4.69, 9.17) is 20.9 Å². The highest BCUT2D eigenvalue weighted by molar-refractivity contribution is 5.98. The van der Waals surface area contributed by atoms with E-state index in [9.17, 15) is 9.59 Å². The molecular weight excluding hydrogens is 539 g/mol. The van der Waals surface area contributed by atoms with Gasteiger partial charge in [-0.2, -0.15) is 4.98 Å². The zero-order valence-corrected chi connectivity index (χ0v) is 22.8. The van der Waals surface area contributed by atoms with Crippen molar-refractivity contribution < 1.29 is 18.7 Å². The predicted octanol–water partition coefficient (Wildman–Crippen LogP) is 3.88. The Balaban J connectivity index is 0.00000323. The number of esters is 1. The van der Waals surface area contributed by atoms with Crippen molar-refractivity contribution in [3.05, 3.63) is 69.4 Å². The molecule has 0 amide bonds. The second-order valence-electron chi connectivity index (χ2n) is 9.77. The van der Waals surface area contributed by atoms with Crippen LogP contribution in [0.2, 0.25) is 0 Å². The molecule has 2 aliphatic heterocycles. The molecule has 10 nitrogen and oxygen atoms in total. The molecule has 0 saturated carbocycles. The van der Waals surface area contributed by atoms with Gasteiger partial charge in [-0.15, -0.1) is 12.4 Å². The van der Waals surface area contributed by atoms with E-state index in [1.54, 1.807) is 17.7 Å². The average Bonchev–Trinajstić information content (AvgIpc) is 3.30. The van der Waals surface area contributed by atoms with Crippen LogP contribution in [-0.4, -0.2) is 40.3 Å². The smallest absolute Gasteiger partial charge is 0.343 e. The van der Waals surface area contributed by atoms with Gasteiger partial charge in [0.25, 0.3) is 0 Å². The summed E-state index contributed by atoms with van der Waals surface area (Å²) in [4.78, 5) is 35.9. The number of nitrogens with zero attached hydrogens (tertiary/aromatic N) is 4. The van der Waals surface area contributed by atoms with Crippen LogP contribution in [0.5, 0.6) is 5.75 Å². The number of hydrogen-bond acceptors (Lipinski definition) is 9. The second-order valence-corrected chi connectivity index (χ2v) is 9.77. The van der Waals surface area contributed by atoms with Crippen LogP contribution in [-0.2, 0) is 17.7 Å². The second kappa shape index (κ2) is 10.3. The highest BCUT2D eigenvalue weighted by Crippen LogP contribution is 2.43. The van der Waals surface area contributed by atoms with Crippen LogP contribution in [0.15, 0.2) is 41.5 Å². The largest absolute Gasteiger partial charge is 0.488 e. The Morgan fingerprint density at radius 1 is 1.27 bits per heavy atom. The van der Waals surface area contributed by atoms with Crippen LogP contribution in [0, 0.1) is 5.82 Å². The minimum absolute atomic E-state index is 0. The molecule has 2 aromatic carbocycles. The van der Waals surface area contributed by atoms with Gasteiger partial charge < -0.3 is 30.4 Å². The van der Waals surface area contributed by atoms with Crippen LogP contribution in [0.3, 0.4) is 0 Å². The standard InChI is InChI=1S/C28H27FN6O4.ClH/c1-3-38-27(37)19-12-35-14(2)13-39-25-22(20(29)9-18(23(25)35)24(19)36)16-4-5-21-15(8-16)6-7-34(21)11-17-10-32-28(31)33-26(17)30;/h4-5,8-10,12,14H,3,6-7,11,13H2,1-2H3,(H4,30,31,32,33);1H/t14-;/m0./s1. The van der Waals surface area contributed by atoms with Gasteiger partial charge in [0.15, 0.2) is 5.75 Å². The lowest BCUT2D eigenvalue weighted by atomic mass is 9.96. The first-order valence-corrected chi connectivity index (χ1v) is 12.7. The van der Waals surface area contributed by atoms with Crippen LogP contribution < -0.4 is 26.5 Å². The van der Waals surface area contributed by atoms with E-state index in [2.05, 4.69) is 14.9 Å². The molecule has 40 heavy (non-hydrogen) atoms. The number of anilines is 3. The van der Waals surface area contributed by atoms with Crippen molar-refractivity contribution in [2.45, 2.75) is 32.9 Å². The SMILES string of the molecule is CCOC(=O)c1cn2c3c(c(-c4ccc5c(c4)CCN5Cc4cnc(N)nc4N)c(F)cc3c1=O)OC[C@@H]2C.Cl. The third-order valence-corrected chi connectivity index (χ3v) is 7.30. The minimum atomic E-state index is -0.728. The molecule has 0 unspecified atom stereocenters. The molecule has 0 fully saturated rings. The number of halogens is 2. The van der Waals surface area contributed by atoms with Crippen molar-refractivity contribution in [1.29, 1.82) is 0 Å². The van der Waals surface area contributed by atoms with E-state index < -0.39 is 17.2 Å². The molecule has 1 atom stereocenters. The lowest BCUT2D eigenvalue weighted by molar-refractivity contribution is 0.0523. The first kappa shape index (κ1) is 27.2. The lowest BCUT2D eigenvalue weighted by Gasteiger charge is -2.29. The summed E-state index contributed by atoms with van der Waals surface area (Å²) in [6.07, 6.45) is 3.88. The Labute approximate surface area is 235 Å². The normalized spacial score (nSPS) is 15.4. The summed E-state index contributed by atoms with van der Waals surface area (Å²) in [6, 6.07) is 6.77. The number of nitrogens with two attached hydrogens (primary N) is 2. The Morgan fingerprint density at radius 2 is 2.08 bits per heavy atom. The van der Waals surface area contributed by atoms with Gasteiger partial charge in [-0.05, 0) is 49.6 Å². The fourth-order valence-corrected chi connectivity index (χ4v) is 5.40. The number of aromatic nitrogens is 3. The third-order valence-electron chi connectivity index (χ3n) is 7.30. The van der Waals surface area contributed by atoms with E-state index in [1.165, 1.54) is 12.3 Å². The molecule has 4 aromatic rings. The number of ether oxygens (including phenoxy) is 2. The number of nitrogen functional groups attached to an aromatic ring is 2. The summed E-state index contributed by atoms with van der Waals surface area (Å²) in [5.41, 5.74) is 15.2. The quantitative estimate of drug-likeness (QED) is 0.344. The van der Waals surface area contributed by atoms with Crippen LogP contribution in [0.4, 0.5) is 21.8 Å². The van der Waals surface area contributed by atoms with Crippen LogP contribution in [0.25, 0.3) is 22.0 Å². The monoisotopic (exact) mass is 566 g/mol.